The number of likely N-dealkylation sites (N-methyl/N-ethyl adjacent to an activating group) is 1. The molecule has 0 radical (unpaired) electrons. The maximum atomic E-state index is 12.3. The van der Waals surface area contributed by atoms with Gasteiger partial charge in [-0.05, 0) is 38.3 Å². The lowest BCUT2D eigenvalue weighted by molar-refractivity contribution is -0.117. The SMILES string of the molecule is CN(CC(=O)Nc1nc2c(s1)CCCCCC2)Cc1ccccc1. The summed E-state index contributed by atoms with van der Waals surface area (Å²) < 4.78 is 0. The van der Waals surface area contributed by atoms with E-state index in [1.54, 1.807) is 11.3 Å². The zero-order valence-corrected chi connectivity index (χ0v) is 15.1. The van der Waals surface area contributed by atoms with Crippen LogP contribution < -0.4 is 5.32 Å². The minimum Gasteiger partial charge on any atom is -0.301 e. The fraction of sp³-hybridized carbons (Fsp3) is 0.474. The molecule has 24 heavy (non-hydrogen) atoms. The van der Waals surface area contributed by atoms with E-state index in [1.165, 1.54) is 41.8 Å². The third-order valence-electron chi connectivity index (χ3n) is 4.30. The van der Waals surface area contributed by atoms with Crippen LogP contribution in [0.3, 0.4) is 0 Å². The first kappa shape index (κ1) is 17.1. The highest BCUT2D eigenvalue weighted by atomic mass is 32.1. The molecule has 0 fully saturated rings. The molecule has 0 bridgehead atoms. The lowest BCUT2D eigenvalue weighted by Gasteiger charge is -2.15. The van der Waals surface area contributed by atoms with E-state index < -0.39 is 0 Å². The Balaban J connectivity index is 1.54. The Hall–Kier alpha value is -1.72. The van der Waals surface area contributed by atoms with Crippen LogP contribution in [0.15, 0.2) is 30.3 Å². The number of nitrogens with zero attached hydrogens (tertiary/aromatic N) is 2. The molecule has 1 heterocycles. The molecule has 0 unspecified atom stereocenters. The van der Waals surface area contributed by atoms with Crippen LogP contribution >= 0.6 is 11.3 Å². The number of aryl methyl sites for hydroxylation is 2. The molecule has 3 rings (SSSR count). The van der Waals surface area contributed by atoms with Crippen LogP contribution in [0.2, 0.25) is 0 Å². The van der Waals surface area contributed by atoms with E-state index in [0.29, 0.717) is 6.54 Å². The van der Waals surface area contributed by atoms with E-state index in [2.05, 4.69) is 22.4 Å². The minimum atomic E-state index is 0.00940. The molecule has 1 aromatic heterocycles. The summed E-state index contributed by atoms with van der Waals surface area (Å²) in [7, 11) is 1.97. The average molecular weight is 343 g/mol. The van der Waals surface area contributed by atoms with Crippen LogP contribution in [0.5, 0.6) is 0 Å². The third-order valence-corrected chi connectivity index (χ3v) is 5.37. The van der Waals surface area contributed by atoms with Gasteiger partial charge in [-0.15, -0.1) is 11.3 Å². The number of nitrogens with one attached hydrogen (secondary N) is 1. The van der Waals surface area contributed by atoms with E-state index in [-0.39, 0.29) is 5.91 Å². The summed E-state index contributed by atoms with van der Waals surface area (Å²) in [5.41, 5.74) is 2.41. The van der Waals surface area contributed by atoms with Crippen molar-refractivity contribution < 1.29 is 4.79 Å². The largest absolute Gasteiger partial charge is 0.301 e. The second-order valence-corrected chi connectivity index (χ2v) is 7.59. The smallest absolute Gasteiger partial charge is 0.240 e. The summed E-state index contributed by atoms with van der Waals surface area (Å²) in [6.45, 7) is 1.14. The van der Waals surface area contributed by atoms with Gasteiger partial charge in [-0.25, -0.2) is 4.98 Å². The molecule has 1 aromatic carbocycles. The first-order chi connectivity index (χ1) is 11.7. The molecular weight excluding hydrogens is 318 g/mol. The van der Waals surface area contributed by atoms with Gasteiger partial charge in [0.25, 0.3) is 0 Å². The van der Waals surface area contributed by atoms with E-state index in [1.807, 2.05) is 30.1 Å². The molecule has 1 N–H and O–H groups in total. The highest BCUT2D eigenvalue weighted by Gasteiger charge is 2.15. The number of rotatable bonds is 5. The van der Waals surface area contributed by atoms with E-state index in [9.17, 15) is 4.79 Å². The molecule has 128 valence electrons. The molecule has 1 aliphatic carbocycles. The Kier molecular flexibility index (Phi) is 5.99. The van der Waals surface area contributed by atoms with E-state index in [4.69, 9.17) is 0 Å². The van der Waals surface area contributed by atoms with Crippen molar-refractivity contribution in [3.63, 3.8) is 0 Å². The third kappa shape index (κ3) is 4.89. The summed E-state index contributed by atoms with van der Waals surface area (Å²) in [5, 5.41) is 3.75. The zero-order valence-electron chi connectivity index (χ0n) is 14.3. The first-order valence-corrected chi connectivity index (χ1v) is 9.53. The van der Waals surface area contributed by atoms with Crippen LogP contribution in [0.25, 0.3) is 0 Å². The van der Waals surface area contributed by atoms with Gasteiger partial charge >= 0.3 is 0 Å². The van der Waals surface area contributed by atoms with Crippen LogP contribution in [0.4, 0.5) is 5.13 Å². The number of benzene rings is 1. The summed E-state index contributed by atoms with van der Waals surface area (Å²) in [6.07, 6.45) is 7.21. The van der Waals surface area contributed by atoms with Crippen LogP contribution in [-0.2, 0) is 24.2 Å². The number of hydrogen-bond acceptors (Lipinski definition) is 4. The van der Waals surface area contributed by atoms with Gasteiger partial charge in [0.05, 0.1) is 12.2 Å². The number of fused-ring (bicyclic) bond motifs is 1. The van der Waals surface area contributed by atoms with Crippen molar-refractivity contribution in [1.82, 2.24) is 9.88 Å². The average Bonchev–Trinajstić information content (AvgIpc) is 2.89. The second kappa shape index (κ2) is 8.40. The highest BCUT2D eigenvalue weighted by molar-refractivity contribution is 7.15. The number of amides is 1. The number of carbonyl (C=O) groups is 1. The van der Waals surface area contributed by atoms with Crippen molar-refractivity contribution in [1.29, 1.82) is 0 Å². The van der Waals surface area contributed by atoms with Gasteiger partial charge in [0, 0.05) is 11.4 Å². The highest BCUT2D eigenvalue weighted by Crippen LogP contribution is 2.28. The second-order valence-electron chi connectivity index (χ2n) is 6.51. The van der Waals surface area contributed by atoms with Gasteiger partial charge < -0.3 is 5.32 Å². The topological polar surface area (TPSA) is 45.2 Å². The Morgan fingerprint density at radius 1 is 1.17 bits per heavy atom. The normalized spacial score (nSPS) is 14.8. The fourth-order valence-electron chi connectivity index (χ4n) is 3.11. The van der Waals surface area contributed by atoms with Crippen LogP contribution in [-0.4, -0.2) is 29.4 Å². The van der Waals surface area contributed by atoms with Gasteiger partial charge in [-0.3, -0.25) is 9.69 Å². The van der Waals surface area contributed by atoms with Crippen molar-refractivity contribution in [2.45, 2.75) is 45.1 Å². The van der Waals surface area contributed by atoms with Crippen molar-refractivity contribution in [3.05, 3.63) is 46.5 Å². The molecule has 0 atom stereocenters. The number of aromatic nitrogens is 1. The monoisotopic (exact) mass is 343 g/mol. The molecule has 0 aliphatic heterocycles. The first-order valence-electron chi connectivity index (χ1n) is 8.71. The summed E-state index contributed by atoms with van der Waals surface area (Å²) >= 11 is 1.66. The summed E-state index contributed by atoms with van der Waals surface area (Å²) in [4.78, 5) is 20.3. The minimum absolute atomic E-state index is 0.00940. The molecule has 2 aromatic rings. The number of thiazole rings is 1. The van der Waals surface area contributed by atoms with Crippen molar-refractivity contribution >= 4 is 22.4 Å². The van der Waals surface area contributed by atoms with Gasteiger partial charge in [0.15, 0.2) is 5.13 Å². The number of anilines is 1. The lowest BCUT2D eigenvalue weighted by Crippen LogP contribution is -2.29. The molecule has 1 amide bonds. The molecule has 0 saturated heterocycles. The Morgan fingerprint density at radius 3 is 2.71 bits per heavy atom. The Labute approximate surface area is 147 Å². The molecular formula is C19H25N3OS. The number of hydrogen-bond donors (Lipinski definition) is 1. The number of carbonyl (C=O) groups excluding carboxylic acids is 1. The molecule has 0 saturated carbocycles. The standard InChI is InChI=1S/C19H25N3OS/c1-22(13-15-9-5-4-6-10-15)14-18(23)21-19-20-16-11-7-2-3-8-12-17(16)24-19/h4-6,9-10H,2-3,7-8,11-14H2,1H3,(H,20,21,23). The Morgan fingerprint density at radius 2 is 1.92 bits per heavy atom. The van der Waals surface area contributed by atoms with Crippen molar-refractivity contribution in [3.8, 4) is 0 Å². The summed E-state index contributed by atoms with van der Waals surface area (Å²) in [5.74, 6) is 0.00940. The Bertz CT molecular complexity index is 643. The van der Waals surface area contributed by atoms with Crippen LogP contribution in [0.1, 0.15) is 41.8 Å². The van der Waals surface area contributed by atoms with Gasteiger partial charge in [-0.2, -0.15) is 0 Å². The maximum Gasteiger partial charge on any atom is 0.240 e. The molecule has 5 heteroatoms. The quantitative estimate of drug-likeness (QED) is 0.896. The van der Waals surface area contributed by atoms with Gasteiger partial charge in [-0.1, -0.05) is 43.2 Å². The predicted molar refractivity (Wildman–Crippen MR) is 99.4 cm³/mol. The molecule has 0 spiro atoms. The van der Waals surface area contributed by atoms with Crippen molar-refractivity contribution in [2.75, 3.05) is 18.9 Å². The predicted octanol–water partition coefficient (Wildman–Crippen LogP) is 3.87. The van der Waals surface area contributed by atoms with Gasteiger partial charge in [0.1, 0.15) is 0 Å². The fourth-order valence-corrected chi connectivity index (χ4v) is 4.18. The van der Waals surface area contributed by atoms with Crippen molar-refractivity contribution in [2.24, 2.45) is 0 Å². The molecule has 4 nitrogen and oxygen atoms in total. The van der Waals surface area contributed by atoms with E-state index in [0.717, 1.165) is 24.5 Å². The maximum absolute atomic E-state index is 12.3. The lowest BCUT2D eigenvalue weighted by atomic mass is 10.0. The summed E-state index contributed by atoms with van der Waals surface area (Å²) in [6, 6.07) is 10.2. The molecule has 1 aliphatic rings. The van der Waals surface area contributed by atoms with E-state index >= 15 is 0 Å². The van der Waals surface area contributed by atoms with Crippen LogP contribution in [0, 0.1) is 0 Å². The zero-order chi connectivity index (χ0) is 16.8. The van der Waals surface area contributed by atoms with Gasteiger partial charge in [0.2, 0.25) is 5.91 Å².